The first kappa shape index (κ1) is 16.5. The van der Waals surface area contributed by atoms with Gasteiger partial charge >= 0.3 is 0 Å². The van der Waals surface area contributed by atoms with Gasteiger partial charge in [0, 0.05) is 23.4 Å². The smallest absolute Gasteiger partial charge is 0.148 e. The first-order valence-electron chi connectivity index (χ1n) is 6.53. The fourth-order valence-electron chi connectivity index (χ4n) is 1.69. The summed E-state index contributed by atoms with van der Waals surface area (Å²) in [5.74, 6) is 0.843. The third-order valence-electron chi connectivity index (χ3n) is 2.67. The van der Waals surface area contributed by atoms with Crippen LogP contribution in [0, 0.1) is 6.92 Å². The van der Waals surface area contributed by atoms with Crippen molar-refractivity contribution in [3.8, 4) is 0 Å². The Morgan fingerprint density at radius 3 is 2.68 bits per heavy atom. The van der Waals surface area contributed by atoms with E-state index in [1.54, 1.807) is 11.8 Å². The van der Waals surface area contributed by atoms with Crippen LogP contribution in [0.25, 0.3) is 0 Å². The van der Waals surface area contributed by atoms with Crippen molar-refractivity contribution in [2.45, 2.75) is 31.7 Å². The molecule has 5 heteroatoms. The van der Waals surface area contributed by atoms with Gasteiger partial charge in [0.05, 0.1) is 5.75 Å². The van der Waals surface area contributed by atoms with E-state index in [9.17, 15) is 8.42 Å². The minimum atomic E-state index is -2.87. The molecule has 0 aliphatic heterocycles. The van der Waals surface area contributed by atoms with Crippen LogP contribution in [0.1, 0.15) is 24.5 Å². The van der Waals surface area contributed by atoms with Crippen LogP contribution in [0.5, 0.6) is 0 Å². The van der Waals surface area contributed by atoms with Crippen molar-refractivity contribution < 1.29 is 8.42 Å². The van der Waals surface area contributed by atoms with Gasteiger partial charge in [-0.15, -0.1) is 11.8 Å². The molecule has 3 nitrogen and oxygen atoms in total. The third-order valence-corrected chi connectivity index (χ3v) is 4.99. The lowest BCUT2D eigenvalue weighted by molar-refractivity contribution is 0.603. The minimum Gasteiger partial charge on any atom is -0.313 e. The summed E-state index contributed by atoms with van der Waals surface area (Å²) in [5, 5.41) is 3.39. The van der Waals surface area contributed by atoms with Crippen LogP contribution in [0.3, 0.4) is 0 Å². The summed E-state index contributed by atoms with van der Waals surface area (Å²) in [6.45, 7) is 6.07. The molecule has 108 valence electrons. The highest BCUT2D eigenvalue weighted by Gasteiger charge is 2.06. The topological polar surface area (TPSA) is 46.2 Å². The van der Waals surface area contributed by atoms with E-state index in [4.69, 9.17) is 0 Å². The van der Waals surface area contributed by atoms with Gasteiger partial charge in [-0.3, -0.25) is 0 Å². The number of aryl methyl sites for hydroxylation is 1. The molecule has 1 N–H and O–H groups in total. The first-order chi connectivity index (χ1) is 8.92. The summed E-state index contributed by atoms with van der Waals surface area (Å²) in [7, 11) is -2.87. The van der Waals surface area contributed by atoms with Crippen LogP contribution >= 0.6 is 11.8 Å². The number of thioether (sulfide) groups is 1. The van der Waals surface area contributed by atoms with Gasteiger partial charge in [-0.25, -0.2) is 8.42 Å². The molecular weight excluding hydrogens is 278 g/mol. The number of nitrogens with one attached hydrogen (secondary N) is 1. The van der Waals surface area contributed by atoms with E-state index in [1.807, 2.05) is 0 Å². The van der Waals surface area contributed by atoms with Crippen LogP contribution in [0.2, 0.25) is 0 Å². The number of hydrogen-bond donors (Lipinski definition) is 1. The van der Waals surface area contributed by atoms with Gasteiger partial charge in [0.2, 0.25) is 0 Å². The van der Waals surface area contributed by atoms with E-state index >= 15 is 0 Å². The maximum absolute atomic E-state index is 11.1. The molecule has 1 aromatic carbocycles. The molecule has 0 bridgehead atoms. The second kappa shape index (κ2) is 7.92. The van der Waals surface area contributed by atoms with Crippen molar-refractivity contribution in [1.29, 1.82) is 0 Å². The molecule has 0 unspecified atom stereocenters. The Morgan fingerprint density at radius 1 is 1.32 bits per heavy atom. The van der Waals surface area contributed by atoms with Crippen LogP contribution in [-0.4, -0.2) is 32.7 Å². The predicted octanol–water partition coefficient (Wildman–Crippen LogP) is 2.63. The molecule has 0 fully saturated rings. The normalized spacial score (nSPS) is 11.7. The van der Waals surface area contributed by atoms with E-state index in [1.165, 1.54) is 22.3 Å². The summed E-state index contributed by atoms with van der Waals surface area (Å²) >= 11 is 1.62. The molecule has 0 aliphatic carbocycles. The molecule has 0 aromatic heterocycles. The molecule has 0 atom stereocenters. The Morgan fingerprint density at radius 2 is 2.05 bits per heavy atom. The van der Waals surface area contributed by atoms with Crippen molar-refractivity contribution in [3.05, 3.63) is 29.3 Å². The Hall–Kier alpha value is -0.520. The molecule has 0 spiro atoms. The third kappa shape index (κ3) is 6.99. The lowest BCUT2D eigenvalue weighted by atomic mass is 10.1. The van der Waals surface area contributed by atoms with Gasteiger partial charge in [-0.05, 0) is 31.5 Å². The Bertz CT molecular complexity index is 498. The largest absolute Gasteiger partial charge is 0.313 e. The molecule has 0 radical (unpaired) electrons. The maximum atomic E-state index is 11.1. The Balaban J connectivity index is 2.65. The fourth-order valence-corrected chi connectivity index (χ4v) is 3.94. The monoisotopic (exact) mass is 301 g/mol. The van der Waals surface area contributed by atoms with Crippen molar-refractivity contribution in [1.82, 2.24) is 5.32 Å². The lowest BCUT2D eigenvalue weighted by Crippen LogP contribution is -2.14. The number of benzene rings is 1. The van der Waals surface area contributed by atoms with Crippen LogP contribution in [0.4, 0.5) is 0 Å². The molecular formula is C14H23NO2S2. The van der Waals surface area contributed by atoms with E-state index < -0.39 is 9.84 Å². The molecule has 0 heterocycles. The van der Waals surface area contributed by atoms with Crippen LogP contribution in [0.15, 0.2) is 23.1 Å². The quantitative estimate of drug-likeness (QED) is 0.592. The van der Waals surface area contributed by atoms with Crippen molar-refractivity contribution in [2.24, 2.45) is 0 Å². The molecule has 1 rings (SSSR count). The second-order valence-corrected chi connectivity index (χ2v) is 8.16. The Labute approximate surface area is 121 Å². The molecule has 0 saturated carbocycles. The van der Waals surface area contributed by atoms with Gasteiger partial charge < -0.3 is 5.32 Å². The number of hydrogen-bond acceptors (Lipinski definition) is 4. The van der Waals surface area contributed by atoms with Crippen molar-refractivity contribution in [3.63, 3.8) is 0 Å². The van der Waals surface area contributed by atoms with Crippen LogP contribution in [-0.2, 0) is 16.4 Å². The Kier molecular flexibility index (Phi) is 6.89. The molecule has 0 saturated heterocycles. The van der Waals surface area contributed by atoms with Crippen LogP contribution < -0.4 is 5.32 Å². The van der Waals surface area contributed by atoms with E-state index in [0.29, 0.717) is 5.75 Å². The highest BCUT2D eigenvalue weighted by atomic mass is 32.2. The summed E-state index contributed by atoms with van der Waals surface area (Å²) in [5.41, 5.74) is 2.49. The summed E-state index contributed by atoms with van der Waals surface area (Å²) in [6, 6.07) is 6.34. The minimum absolute atomic E-state index is 0.230. The average Bonchev–Trinajstić information content (AvgIpc) is 2.30. The summed E-state index contributed by atoms with van der Waals surface area (Å²) in [4.78, 5) is 1.18. The van der Waals surface area contributed by atoms with Crippen molar-refractivity contribution >= 4 is 21.6 Å². The van der Waals surface area contributed by atoms with Gasteiger partial charge in [0.15, 0.2) is 0 Å². The van der Waals surface area contributed by atoms with E-state index in [0.717, 1.165) is 19.5 Å². The first-order valence-corrected chi connectivity index (χ1v) is 9.57. The zero-order valence-corrected chi connectivity index (χ0v) is 13.5. The fraction of sp³-hybridized carbons (Fsp3) is 0.571. The van der Waals surface area contributed by atoms with E-state index in [-0.39, 0.29) is 5.75 Å². The molecule has 0 amide bonds. The maximum Gasteiger partial charge on any atom is 0.148 e. The lowest BCUT2D eigenvalue weighted by Gasteiger charge is -2.11. The second-order valence-electron chi connectivity index (χ2n) is 4.77. The number of rotatable bonds is 8. The van der Waals surface area contributed by atoms with Gasteiger partial charge in [0.25, 0.3) is 0 Å². The highest BCUT2D eigenvalue weighted by Crippen LogP contribution is 2.24. The molecule has 0 aliphatic rings. The molecule has 19 heavy (non-hydrogen) atoms. The van der Waals surface area contributed by atoms with Gasteiger partial charge in [-0.1, -0.05) is 24.6 Å². The van der Waals surface area contributed by atoms with Gasteiger partial charge in [0.1, 0.15) is 9.84 Å². The highest BCUT2D eigenvalue weighted by molar-refractivity contribution is 8.00. The summed E-state index contributed by atoms with van der Waals surface area (Å²) < 4.78 is 22.3. The zero-order valence-electron chi connectivity index (χ0n) is 11.9. The SMILES string of the molecule is CCCNCc1cc(C)ccc1SCCS(C)(=O)=O. The standard InChI is InChI=1S/C14H23NO2S2/c1-4-7-15-11-13-10-12(2)5-6-14(13)18-8-9-19(3,16)17/h5-6,10,15H,4,7-9,11H2,1-3H3. The number of sulfone groups is 1. The van der Waals surface area contributed by atoms with Crippen molar-refractivity contribution in [2.75, 3.05) is 24.3 Å². The average molecular weight is 301 g/mol. The molecule has 1 aromatic rings. The van der Waals surface area contributed by atoms with Gasteiger partial charge in [-0.2, -0.15) is 0 Å². The summed E-state index contributed by atoms with van der Waals surface area (Å²) in [6.07, 6.45) is 2.40. The predicted molar refractivity (Wildman–Crippen MR) is 83.6 cm³/mol. The zero-order chi connectivity index (χ0) is 14.3. The van der Waals surface area contributed by atoms with E-state index in [2.05, 4.69) is 37.4 Å².